The van der Waals surface area contributed by atoms with Gasteiger partial charge in [-0.3, -0.25) is 4.79 Å². The number of anilines is 1. The first-order chi connectivity index (χ1) is 11.6. The Hall–Kier alpha value is -3.02. The van der Waals surface area contributed by atoms with Gasteiger partial charge < -0.3 is 21.1 Å². The van der Waals surface area contributed by atoms with E-state index in [4.69, 9.17) is 10.5 Å². The van der Waals surface area contributed by atoms with Gasteiger partial charge in [-0.05, 0) is 36.8 Å². The van der Waals surface area contributed by atoms with Crippen LogP contribution >= 0.6 is 0 Å². The normalized spacial score (nSPS) is 11.4. The van der Waals surface area contributed by atoms with Gasteiger partial charge in [-0.15, -0.1) is 0 Å². The molecule has 0 spiro atoms. The van der Waals surface area contributed by atoms with E-state index in [-0.39, 0.29) is 12.3 Å². The summed E-state index contributed by atoms with van der Waals surface area (Å²) in [6.07, 6.45) is 0.0835. The minimum atomic E-state index is -0.669. The van der Waals surface area contributed by atoms with Crippen LogP contribution in [-0.4, -0.2) is 18.5 Å². The van der Waals surface area contributed by atoms with E-state index in [9.17, 15) is 9.59 Å². The maximum Gasteiger partial charge on any atom is 0.312 e. The quantitative estimate of drug-likeness (QED) is 0.730. The second kappa shape index (κ2) is 8.57. The van der Waals surface area contributed by atoms with Crippen molar-refractivity contribution in [3.05, 3.63) is 60.2 Å². The fraction of sp³-hybridized carbons (Fsp3) is 0.222. The van der Waals surface area contributed by atoms with Crippen LogP contribution in [-0.2, 0) is 4.79 Å². The molecule has 0 aliphatic heterocycles. The monoisotopic (exact) mass is 327 g/mol. The van der Waals surface area contributed by atoms with Gasteiger partial charge in [-0.2, -0.15) is 0 Å². The van der Waals surface area contributed by atoms with Crippen molar-refractivity contribution in [1.82, 2.24) is 5.32 Å². The highest BCUT2D eigenvalue weighted by molar-refractivity contribution is 5.91. The minimum absolute atomic E-state index is 0.0835. The van der Waals surface area contributed by atoms with Gasteiger partial charge in [0.15, 0.2) is 0 Å². The molecule has 2 aromatic rings. The number of rotatable bonds is 7. The summed E-state index contributed by atoms with van der Waals surface area (Å²) < 4.78 is 5.36. The molecule has 2 rings (SSSR count). The highest BCUT2D eigenvalue weighted by Gasteiger charge is 2.17. The van der Waals surface area contributed by atoms with Crippen molar-refractivity contribution in [3.8, 4) is 5.75 Å². The third kappa shape index (κ3) is 5.31. The molecule has 0 saturated heterocycles. The second-order valence-electron chi connectivity index (χ2n) is 5.18. The van der Waals surface area contributed by atoms with Crippen molar-refractivity contribution in [2.75, 3.05) is 11.9 Å². The summed E-state index contributed by atoms with van der Waals surface area (Å²) in [5, 5.41) is 5.39. The fourth-order valence-electron chi connectivity index (χ4n) is 2.31. The van der Waals surface area contributed by atoms with E-state index in [1.165, 1.54) is 0 Å². The predicted octanol–water partition coefficient (Wildman–Crippen LogP) is 2.82. The largest absolute Gasteiger partial charge is 0.494 e. The average Bonchev–Trinajstić information content (AvgIpc) is 2.57. The number of ether oxygens (including phenoxy) is 1. The van der Waals surface area contributed by atoms with Crippen molar-refractivity contribution in [2.45, 2.75) is 19.4 Å². The summed E-state index contributed by atoms with van der Waals surface area (Å²) in [6.45, 7) is 2.49. The van der Waals surface area contributed by atoms with E-state index < -0.39 is 12.1 Å². The van der Waals surface area contributed by atoms with Crippen molar-refractivity contribution < 1.29 is 14.3 Å². The molecule has 0 bridgehead atoms. The third-order valence-corrected chi connectivity index (χ3v) is 3.36. The van der Waals surface area contributed by atoms with Gasteiger partial charge in [-0.1, -0.05) is 30.3 Å². The van der Waals surface area contributed by atoms with E-state index in [0.717, 1.165) is 11.3 Å². The molecule has 0 radical (unpaired) electrons. The zero-order valence-electron chi connectivity index (χ0n) is 13.5. The zero-order valence-corrected chi connectivity index (χ0v) is 13.5. The van der Waals surface area contributed by atoms with Gasteiger partial charge in [-0.25, -0.2) is 4.79 Å². The van der Waals surface area contributed by atoms with Gasteiger partial charge in [0.25, 0.3) is 0 Å². The van der Waals surface area contributed by atoms with Crippen LogP contribution in [0.15, 0.2) is 54.6 Å². The Labute approximate surface area is 141 Å². The van der Waals surface area contributed by atoms with E-state index in [1.54, 1.807) is 24.3 Å². The van der Waals surface area contributed by atoms with Gasteiger partial charge in [0, 0.05) is 5.69 Å². The number of urea groups is 1. The Kier molecular flexibility index (Phi) is 6.19. The van der Waals surface area contributed by atoms with Gasteiger partial charge >= 0.3 is 6.03 Å². The van der Waals surface area contributed by atoms with E-state index in [1.807, 2.05) is 37.3 Å². The number of amides is 3. The summed E-state index contributed by atoms with van der Waals surface area (Å²) in [7, 11) is 0. The Balaban J connectivity index is 2.00. The Bertz CT molecular complexity index is 672. The molecule has 0 aliphatic rings. The van der Waals surface area contributed by atoms with E-state index in [2.05, 4.69) is 10.6 Å². The number of benzene rings is 2. The molecule has 2 aromatic carbocycles. The molecule has 4 N–H and O–H groups in total. The fourth-order valence-corrected chi connectivity index (χ4v) is 2.31. The number of nitrogens with one attached hydrogen (secondary N) is 2. The van der Waals surface area contributed by atoms with Gasteiger partial charge in [0.05, 0.1) is 19.1 Å². The lowest BCUT2D eigenvalue weighted by Gasteiger charge is -2.17. The molecule has 0 aromatic heterocycles. The first-order valence-electron chi connectivity index (χ1n) is 7.72. The average molecular weight is 327 g/mol. The molecule has 0 fully saturated rings. The SMILES string of the molecule is CCOc1ccc(NC(=O)CC(NC(N)=O)c2ccccc2)cc1. The molecule has 1 atom stereocenters. The van der Waals surface area contributed by atoms with Crippen LogP contribution in [0.25, 0.3) is 0 Å². The summed E-state index contributed by atoms with van der Waals surface area (Å²) in [5.74, 6) is 0.523. The van der Waals surface area contributed by atoms with E-state index in [0.29, 0.717) is 12.3 Å². The highest BCUT2D eigenvalue weighted by atomic mass is 16.5. The second-order valence-corrected chi connectivity index (χ2v) is 5.18. The predicted molar refractivity (Wildman–Crippen MR) is 92.8 cm³/mol. The minimum Gasteiger partial charge on any atom is -0.494 e. The molecule has 126 valence electrons. The summed E-state index contributed by atoms with van der Waals surface area (Å²) in [4.78, 5) is 23.4. The molecule has 6 heteroatoms. The van der Waals surface area contributed by atoms with Crippen LogP contribution in [0.4, 0.5) is 10.5 Å². The summed E-state index contributed by atoms with van der Waals surface area (Å²) in [5.41, 5.74) is 6.69. The van der Waals surface area contributed by atoms with Crippen LogP contribution in [0.1, 0.15) is 24.9 Å². The number of carbonyl (C=O) groups is 2. The molecular weight excluding hydrogens is 306 g/mol. The van der Waals surface area contributed by atoms with Crippen molar-refractivity contribution >= 4 is 17.6 Å². The lowest BCUT2D eigenvalue weighted by Crippen LogP contribution is -2.35. The van der Waals surface area contributed by atoms with E-state index >= 15 is 0 Å². The van der Waals surface area contributed by atoms with Gasteiger partial charge in [0.2, 0.25) is 5.91 Å². The number of primary amides is 1. The smallest absolute Gasteiger partial charge is 0.312 e. The number of hydrogen-bond acceptors (Lipinski definition) is 3. The molecular formula is C18H21N3O3. The standard InChI is InChI=1S/C18H21N3O3/c1-2-24-15-10-8-14(9-11-15)20-17(22)12-16(21-18(19)23)13-6-4-3-5-7-13/h3-11,16H,2,12H2,1H3,(H,20,22)(H3,19,21,23). The zero-order chi connectivity index (χ0) is 17.4. The third-order valence-electron chi connectivity index (χ3n) is 3.36. The van der Waals surface area contributed by atoms with Crippen molar-refractivity contribution in [1.29, 1.82) is 0 Å². The Morgan fingerprint density at radius 2 is 1.75 bits per heavy atom. The topological polar surface area (TPSA) is 93.4 Å². The molecule has 0 aliphatic carbocycles. The Morgan fingerprint density at radius 1 is 1.08 bits per heavy atom. The molecule has 0 heterocycles. The van der Waals surface area contributed by atoms with Crippen LogP contribution < -0.4 is 21.1 Å². The lowest BCUT2D eigenvalue weighted by atomic mass is 10.0. The first kappa shape index (κ1) is 17.3. The molecule has 24 heavy (non-hydrogen) atoms. The maximum atomic E-state index is 12.3. The Morgan fingerprint density at radius 3 is 2.33 bits per heavy atom. The van der Waals surface area contributed by atoms with Gasteiger partial charge in [0.1, 0.15) is 5.75 Å². The van der Waals surface area contributed by atoms with Crippen LogP contribution in [0, 0.1) is 0 Å². The highest BCUT2D eigenvalue weighted by Crippen LogP contribution is 2.19. The molecule has 1 unspecified atom stereocenters. The number of nitrogens with two attached hydrogens (primary N) is 1. The lowest BCUT2D eigenvalue weighted by molar-refractivity contribution is -0.116. The van der Waals surface area contributed by atoms with Crippen LogP contribution in [0.5, 0.6) is 5.75 Å². The van der Waals surface area contributed by atoms with Crippen molar-refractivity contribution in [2.24, 2.45) is 5.73 Å². The number of hydrogen-bond donors (Lipinski definition) is 3. The summed E-state index contributed by atoms with van der Waals surface area (Å²) >= 11 is 0. The maximum absolute atomic E-state index is 12.3. The molecule has 6 nitrogen and oxygen atoms in total. The van der Waals surface area contributed by atoms with Crippen LogP contribution in [0.3, 0.4) is 0 Å². The first-order valence-corrected chi connectivity index (χ1v) is 7.72. The molecule has 3 amide bonds. The van der Waals surface area contributed by atoms with Crippen molar-refractivity contribution in [3.63, 3.8) is 0 Å². The molecule has 0 saturated carbocycles. The number of carbonyl (C=O) groups excluding carboxylic acids is 2. The van der Waals surface area contributed by atoms with Crippen LogP contribution in [0.2, 0.25) is 0 Å². The summed E-state index contributed by atoms with van der Waals surface area (Å²) in [6, 6.07) is 15.2.